The second kappa shape index (κ2) is 12.3. The molecule has 7 nitrogen and oxygen atoms in total. The summed E-state index contributed by atoms with van der Waals surface area (Å²) in [5.41, 5.74) is 0. The van der Waals surface area contributed by atoms with E-state index in [1.54, 1.807) is 0 Å². The summed E-state index contributed by atoms with van der Waals surface area (Å²) in [6.45, 7) is 0. The molecule has 0 aromatic heterocycles. The third-order valence-electron chi connectivity index (χ3n) is 0. The molecule has 11 heavy (non-hydrogen) atoms. The third-order valence-corrected chi connectivity index (χ3v) is 0. The Hall–Kier alpha value is 2.28. The SMILES string of the molecule is O=[Se](=O)(O)O.O=[Se]([O-])[O-].[Na+].[Na+]. The summed E-state index contributed by atoms with van der Waals surface area (Å²) in [5, 5.41) is 0. The molecule has 0 aliphatic heterocycles. The predicted octanol–water partition coefficient (Wildman–Crippen LogP) is -10.6. The number of rotatable bonds is 0. The van der Waals surface area contributed by atoms with Crippen LogP contribution >= 0.6 is 0 Å². The van der Waals surface area contributed by atoms with Crippen molar-refractivity contribution in [2.75, 3.05) is 0 Å². The maximum atomic E-state index is 8.82. The Balaban J connectivity index is -0.0000000383. The Labute approximate surface area is 113 Å². The molecule has 0 unspecified atom stereocenters. The van der Waals surface area contributed by atoms with Crippen LogP contribution < -0.4 is 67.5 Å². The first-order valence-electron chi connectivity index (χ1n) is 1.20. The zero-order chi connectivity index (χ0) is 8.08. The van der Waals surface area contributed by atoms with Gasteiger partial charge < -0.3 is 0 Å². The minimum atomic E-state index is -5.25. The van der Waals surface area contributed by atoms with E-state index in [1.807, 2.05) is 0 Å². The smallest absolute Gasteiger partial charge is 1.00 e. The van der Waals surface area contributed by atoms with Crippen LogP contribution in [0.5, 0.6) is 0 Å². The van der Waals surface area contributed by atoms with Crippen LogP contribution in [0, 0.1) is 0 Å². The van der Waals surface area contributed by atoms with Crippen LogP contribution in [0.2, 0.25) is 0 Å². The second-order valence-electron chi connectivity index (χ2n) is 0.652. The topological polar surface area (TPSA) is 138 Å². The largest absolute Gasteiger partial charge is 1.00 e. The fraction of sp³-hybridized carbons (Fsp3) is 0. The molecule has 0 spiro atoms. The average molecular weight is 318 g/mol. The summed E-state index contributed by atoms with van der Waals surface area (Å²) in [4.78, 5) is 0. The van der Waals surface area contributed by atoms with Gasteiger partial charge in [-0.3, -0.25) is 0 Å². The van der Waals surface area contributed by atoms with Gasteiger partial charge in [0.25, 0.3) is 0 Å². The average Bonchev–Trinajstić information content (AvgIpc) is 1.19. The Bertz CT molecular complexity index is 157. The van der Waals surface area contributed by atoms with Gasteiger partial charge in [0.2, 0.25) is 0 Å². The van der Waals surface area contributed by atoms with E-state index in [0.29, 0.717) is 0 Å². The Kier molecular flexibility index (Phi) is 26.0. The van der Waals surface area contributed by atoms with Gasteiger partial charge >= 0.3 is 115 Å². The van der Waals surface area contributed by atoms with Gasteiger partial charge in [-0.1, -0.05) is 0 Å². The summed E-state index contributed by atoms with van der Waals surface area (Å²) in [6.07, 6.45) is 0. The molecule has 2 N–H and O–H groups in total. The molecule has 0 saturated heterocycles. The minimum Gasteiger partial charge on any atom is 1.00 e. The van der Waals surface area contributed by atoms with Crippen molar-refractivity contribution in [1.29, 1.82) is 0 Å². The fourth-order valence-corrected chi connectivity index (χ4v) is 0. The Morgan fingerprint density at radius 2 is 1.09 bits per heavy atom. The molecule has 0 amide bonds. The van der Waals surface area contributed by atoms with Crippen LogP contribution in [0.1, 0.15) is 0 Å². The first-order chi connectivity index (χ1) is 3.73. The van der Waals surface area contributed by atoms with E-state index in [-0.39, 0.29) is 59.1 Å². The molecule has 0 aliphatic carbocycles. The van der Waals surface area contributed by atoms with Crippen molar-refractivity contribution in [2.24, 2.45) is 0 Å². The van der Waals surface area contributed by atoms with Crippen molar-refractivity contribution in [3.05, 3.63) is 0 Å². The van der Waals surface area contributed by atoms with Crippen molar-refractivity contribution in [3.63, 3.8) is 0 Å². The van der Waals surface area contributed by atoms with Gasteiger partial charge in [0, 0.05) is 0 Å². The van der Waals surface area contributed by atoms with Crippen LogP contribution in [-0.2, 0) is 11.5 Å². The zero-order valence-corrected chi connectivity index (χ0v) is 13.2. The van der Waals surface area contributed by atoms with E-state index in [4.69, 9.17) is 28.3 Å². The number of hydrogen-bond donors (Lipinski definition) is 2. The maximum Gasteiger partial charge on any atom is 1.00 e. The molecule has 0 radical (unpaired) electrons. The molecule has 58 valence electrons. The van der Waals surface area contributed by atoms with Crippen molar-refractivity contribution >= 4 is 27.9 Å². The minimum absolute atomic E-state index is 0. The molecule has 0 aromatic carbocycles. The van der Waals surface area contributed by atoms with Crippen LogP contribution in [0.15, 0.2) is 0 Å². The van der Waals surface area contributed by atoms with Crippen LogP contribution in [0.4, 0.5) is 0 Å². The fourth-order valence-electron chi connectivity index (χ4n) is 0. The molecule has 0 aliphatic rings. The zero-order valence-electron chi connectivity index (χ0n) is 5.75. The Morgan fingerprint density at radius 1 is 1.09 bits per heavy atom. The molecule has 0 saturated carbocycles. The molecule has 0 aromatic rings. The van der Waals surface area contributed by atoms with E-state index in [2.05, 4.69) is 0 Å². The van der Waals surface area contributed by atoms with Crippen molar-refractivity contribution < 1.29 is 87.4 Å². The van der Waals surface area contributed by atoms with E-state index in [0.717, 1.165) is 0 Å². The van der Waals surface area contributed by atoms with Crippen molar-refractivity contribution in [1.82, 2.24) is 0 Å². The third kappa shape index (κ3) is 250. The van der Waals surface area contributed by atoms with Gasteiger partial charge in [-0.05, 0) is 0 Å². The molecule has 11 heteroatoms. The van der Waals surface area contributed by atoms with Crippen LogP contribution in [0.25, 0.3) is 0 Å². The molecule has 0 heterocycles. The molecule has 0 rings (SSSR count). The monoisotopic (exact) mass is 320 g/mol. The van der Waals surface area contributed by atoms with Gasteiger partial charge in [0.05, 0.1) is 0 Å². The van der Waals surface area contributed by atoms with E-state index in [1.165, 1.54) is 0 Å². The maximum absolute atomic E-state index is 8.82. The Morgan fingerprint density at radius 3 is 1.09 bits per heavy atom. The molecular weight excluding hydrogens is 316 g/mol. The van der Waals surface area contributed by atoms with Gasteiger partial charge in [-0.2, -0.15) is 0 Å². The first-order valence-corrected chi connectivity index (χ1v) is 6.23. The number of hydrogen-bond acceptors (Lipinski definition) is 5. The summed E-state index contributed by atoms with van der Waals surface area (Å²) in [7, 11) is 0. The standard InChI is InChI=1S/2Na.H2O4Se.H2O3Se/c;;1-5(2,3)4;1-4(2)3/h;;(H2,1,2,3,4);(H2,1,2,3)/q2*+1;;/p-2. The van der Waals surface area contributed by atoms with Gasteiger partial charge in [0.15, 0.2) is 0 Å². The summed E-state index contributed by atoms with van der Waals surface area (Å²) in [6, 6.07) is 0. The van der Waals surface area contributed by atoms with Gasteiger partial charge in [-0.15, -0.1) is 0 Å². The predicted molar refractivity (Wildman–Crippen MR) is 18.0 cm³/mol. The summed E-state index contributed by atoms with van der Waals surface area (Å²) >= 11 is -9.04. The van der Waals surface area contributed by atoms with Crippen molar-refractivity contribution in [3.8, 4) is 0 Å². The van der Waals surface area contributed by atoms with Crippen LogP contribution in [-0.4, -0.2) is 36.2 Å². The first kappa shape index (κ1) is 23.3. The molecule has 0 bridgehead atoms. The molecule has 0 fully saturated rings. The molecule has 0 atom stereocenters. The normalized spacial score (nSPS) is 8.45. The van der Waals surface area contributed by atoms with E-state index >= 15 is 0 Å². The van der Waals surface area contributed by atoms with E-state index in [9.17, 15) is 0 Å². The second-order valence-corrected chi connectivity index (χ2v) is 3.39. The quantitative estimate of drug-likeness (QED) is 0.423. The summed E-state index contributed by atoms with van der Waals surface area (Å²) < 4.78 is 57.5. The van der Waals surface area contributed by atoms with Crippen LogP contribution in [0.3, 0.4) is 0 Å². The van der Waals surface area contributed by atoms with E-state index < -0.39 is 27.9 Å². The van der Waals surface area contributed by atoms with Gasteiger partial charge in [0.1, 0.15) is 0 Å². The van der Waals surface area contributed by atoms with Crippen molar-refractivity contribution in [2.45, 2.75) is 0 Å². The van der Waals surface area contributed by atoms with Gasteiger partial charge in [-0.25, -0.2) is 0 Å². The molecular formula is H2Na2O7Se2. The summed E-state index contributed by atoms with van der Waals surface area (Å²) in [5.74, 6) is 0.